The number of thiol groups is 2. The third-order valence-corrected chi connectivity index (χ3v) is 4.27. The molecule has 1 aliphatic carbocycles. The average molecular weight is 166 g/mol. The Balaban J connectivity index is 1.94. The van der Waals surface area contributed by atoms with Crippen molar-refractivity contribution in [2.45, 2.75) is 11.4 Å². The zero-order valence-electron chi connectivity index (χ0n) is 5.15. The van der Waals surface area contributed by atoms with Crippen LogP contribution in [-0.4, -0.2) is 24.2 Å². The molecule has 1 aliphatic heterocycles. The third-order valence-electron chi connectivity index (χ3n) is 1.93. The van der Waals surface area contributed by atoms with Gasteiger partial charge in [0.15, 0.2) is 0 Å². The molecule has 0 aromatic carbocycles. The lowest BCUT2D eigenvalue weighted by Gasteiger charge is -2.08. The molecule has 0 spiro atoms. The molecule has 54 valence electrons. The fourth-order valence-electron chi connectivity index (χ4n) is 1.33. The number of rotatable bonds is 1. The summed E-state index contributed by atoms with van der Waals surface area (Å²) in [5.41, 5.74) is 0. The Hall–Kier alpha value is 0.620. The Labute approximate surface area is 62.0 Å². The molecular formula is C5H10O2S2. The summed E-state index contributed by atoms with van der Waals surface area (Å²) in [7, 11) is -0.0922. The first-order valence-electron chi connectivity index (χ1n) is 3.00. The van der Waals surface area contributed by atoms with Crippen LogP contribution in [0.4, 0.5) is 0 Å². The molecule has 9 heavy (non-hydrogen) atoms. The number of hydrogen-bond donors (Lipinski definition) is 2. The molecule has 2 nitrogen and oxygen atoms in total. The van der Waals surface area contributed by atoms with E-state index in [1.54, 1.807) is 0 Å². The van der Waals surface area contributed by atoms with E-state index in [0.717, 1.165) is 11.9 Å². The Bertz CT molecular complexity index is 118. The van der Waals surface area contributed by atoms with Crippen LogP contribution in [0.25, 0.3) is 0 Å². The fraction of sp³-hybridized carbons (Fsp3) is 1.00. The first kappa shape index (κ1) is 6.34. The minimum absolute atomic E-state index is 0.0922. The molecule has 0 aromatic rings. The van der Waals surface area contributed by atoms with Gasteiger partial charge in [0.25, 0.3) is 0 Å². The maximum absolute atomic E-state index is 4.97. The molecule has 0 radical (unpaired) electrons. The molecule has 2 rings (SSSR count). The predicted molar refractivity (Wildman–Crippen MR) is 42.0 cm³/mol. The highest BCUT2D eigenvalue weighted by atomic mass is 33.1. The predicted octanol–water partition coefficient (Wildman–Crippen LogP) is 0.791. The second kappa shape index (κ2) is 2.05. The van der Waals surface area contributed by atoms with Gasteiger partial charge >= 0.3 is 0 Å². The molecule has 1 saturated carbocycles. The van der Waals surface area contributed by atoms with E-state index in [9.17, 15) is 0 Å². The highest BCUT2D eigenvalue weighted by Crippen LogP contribution is 2.56. The molecular weight excluding hydrogens is 156 g/mol. The Kier molecular flexibility index (Phi) is 1.44. The molecule has 4 heteroatoms. The van der Waals surface area contributed by atoms with Crippen molar-refractivity contribution in [3.05, 3.63) is 0 Å². The van der Waals surface area contributed by atoms with Crippen LogP contribution >= 0.6 is 21.6 Å². The van der Waals surface area contributed by atoms with E-state index in [0.29, 0.717) is 12.0 Å². The van der Waals surface area contributed by atoms with Gasteiger partial charge in [-0.1, -0.05) is 0 Å². The van der Waals surface area contributed by atoms with Crippen LogP contribution in [0.1, 0.15) is 0 Å². The van der Waals surface area contributed by atoms with Gasteiger partial charge in [0.2, 0.25) is 0 Å². The first-order valence-corrected chi connectivity index (χ1v) is 6.02. The van der Waals surface area contributed by atoms with Gasteiger partial charge in [-0.2, -0.15) is 0 Å². The van der Waals surface area contributed by atoms with E-state index in [4.69, 9.17) is 9.78 Å². The largest absolute Gasteiger partial charge is 0.236 e. The molecule has 0 aromatic heterocycles. The van der Waals surface area contributed by atoms with Crippen LogP contribution in [0.3, 0.4) is 0 Å². The molecule has 0 amide bonds. The lowest BCUT2D eigenvalue weighted by molar-refractivity contribution is -0.270. The second-order valence-corrected chi connectivity index (χ2v) is 6.21. The van der Waals surface area contributed by atoms with Crippen molar-refractivity contribution in [2.24, 2.45) is 5.92 Å². The summed E-state index contributed by atoms with van der Waals surface area (Å²) >= 11 is 4.39. The van der Waals surface area contributed by atoms with E-state index >= 15 is 0 Å². The average Bonchev–Trinajstić information content (AvgIpc) is 2.30. The van der Waals surface area contributed by atoms with Gasteiger partial charge in [-0.3, -0.25) is 0 Å². The van der Waals surface area contributed by atoms with Crippen LogP contribution in [0.5, 0.6) is 0 Å². The van der Waals surface area contributed by atoms with E-state index in [2.05, 4.69) is 17.9 Å². The molecule has 2 fully saturated rings. The van der Waals surface area contributed by atoms with E-state index < -0.39 is 0 Å². The van der Waals surface area contributed by atoms with Crippen molar-refractivity contribution in [1.82, 2.24) is 0 Å². The van der Waals surface area contributed by atoms with Crippen LogP contribution in [0.15, 0.2) is 0 Å². The molecule has 0 N–H and O–H groups in total. The molecule has 1 heterocycles. The fourth-order valence-corrected chi connectivity index (χ4v) is 3.65. The summed E-state index contributed by atoms with van der Waals surface area (Å²) in [6.45, 7) is 0.794. The van der Waals surface area contributed by atoms with Crippen molar-refractivity contribution in [2.75, 3.05) is 12.9 Å². The van der Waals surface area contributed by atoms with E-state index in [1.807, 2.05) is 0 Å². The topological polar surface area (TPSA) is 18.5 Å². The van der Waals surface area contributed by atoms with Crippen LogP contribution in [0.2, 0.25) is 0 Å². The van der Waals surface area contributed by atoms with Gasteiger partial charge in [-0.15, -0.1) is 11.7 Å². The van der Waals surface area contributed by atoms with Gasteiger partial charge in [0.05, 0.1) is 6.61 Å². The molecule has 4 atom stereocenters. The summed E-state index contributed by atoms with van der Waals surface area (Å²) in [6, 6.07) is 0. The molecule has 1 saturated heterocycles. The third kappa shape index (κ3) is 0.888. The summed E-state index contributed by atoms with van der Waals surface area (Å²) in [4.78, 5) is 9.73. The maximum Gasteiger partial charge on any atom is 0.110 e. The lowest BCUT2D eigenvalue weighted by atomic mass is 10.5. The minimum Gasteiger partial charge on any atom is -0.236 e. The zero-order chi connectivity index (χ0) is 6.43. The van der Waals surface area contributed by atoms with Crippen molar-refractivity contribution in [3.63, 3.8) is 0 Å². The summed E-state index contributed by atoms with van der Waals surface area (Å²) < 4.78 is 0. The van der Waals surface area contributed by atoms with Gasteiger partial charge in [-0.05, 0) is 6.26 Å². The van der Waals surface area contributed by atoms with Crippen molar-refractivity contribution in [3.8, 4) is 0 Å². The van der Waals surface area contributed by atoms with E-state index in [1.165, 1.54) is 0 Å². The minimum atomic E-state index is -0.0922. The summed E-state index contributed by atoms with van der Waals surface area (Å²) in [5.74, 6) is 0.679. The van der Waals surface area contributed by atoms with Crippen LogP contribution in [0, 0.1) is 5.92 Å². The summed E-state index contributed by atoms with van der Waals surface area (Å²) in [6.07, 6.45) is 2.57. The first-order chi connectivity index (χ1) is 4.30. The van der Waals surface area contributed by atoms with Crippen molar-refractivity contribution < 1.29 is 9.78 Å². The van der Waals surface area contributed by atoms with Crippen LogP contribution in [-0.2, 0) is 9.78 Å². The maximum atomic E-state index is 4.97. The van der Waals surface area contributed by atoms with Crippen molar-refractivity contribution in [1.29, 1.82) is 0 Å². The summed E-state index contributed by atoms with van der Waals surface area (Å²) in [5, 5.41) is 0.720. The molecule has 0 bridgehead atoms. The Morgan fingerprint density at radius 3 is 2.78 bits per heavy atom. The number of hydrogen-bond acceptors (Lipinski definition) is 3. The van der Waals surface area contributed by atoms with Gasteiger partial charge in [-0.25, -0.2) is 19.7 Å². The monoisotopic (exact) mass is 166 g/mol. The van der Waals surface area contributed by atoms with Gasteiger partial charge < -0.3 is 0 Å². The quantitative estimate of drug-likeness (QED) is 0.341. The number of fused-ring (bicyclic) bond motifs is 1. The van der Waals surface area contributed by atoms with Crippen LogP contribution < -0.4 is 0 Å². The standard InChI is InChI=1S/C5H10O2S2/c1-9(8)5-3-2-6-7-4(3)5/h3-5,8-9H,2H2,1H3/t3-,4-,5?/m1/s1. The zero-order valence-corrected chi connectivity index (χ0v) is 6.94. The normalized spacial score (nSPS) is 52.7. The SMILES string of the molecule is C[SH](S)C1[C@@H]2COO[C@@H]12. The molecule has 2 aliphatic rings. The second-order valence-electron chi connectivity index (χ2n) is 2.57. The highest BCUT2D eigenvalue weighted by Gasteiger charge is 2.57. The Morgan fingerprint density at radius 2 is 2.44 bits per heavy atom. The van der Waals surface area contributed by atoms with Crippen molar-refractivity contribution >= 4 is 21.6 Å². The van der Waals surface area contributed by atoms with Gasteiger partial charge in [0, 0.05) is 11.2 Å². The highest BCUT2D eigenvalue weighted by molar-refractivity contribution is 8.78. The smallest absolute Gasteiger partial charge is 0.110 e. The lowest BCUT2D eigenvalue weighted by Crippen LogP contribution is -1.99. The Morgan fingerprint density at radius 1 is 1.67 bits per heavy atom. The van der Waals surface area contributed by atoms with Gasteiger partial charge in [0.1, 0.15) is 6.10 Å². The molecule has 2 unspecified atom stereocenters. The van der Waals surface area contributed by atoms with E-state index in [-0.39, 0.29) is 9.93 Å².